The van der Waals surface area contributed by atoms with Gasteiger partial charge in [0, 0.05) is 35.6 Å². The van der Waals surface area contributed by atoms with E-state index in [1.165, 1.54) is 0 Å². The predicted octanol–water partition coefficient (Wildman–Crippen LogP) is 2.16. The van der Waals surface area contributed by atoms with Gasteiger partial charge < -0.3 is 10.4 Å². The first-order chi connectivity index (χ1) is 9.38. The quantitative estimate of drug-likeness (QED) is 0.878. The molecule has 0 aliphatic rings. The van der Waals surface area contributed by atoms with Gasteiger partial charge in [-0.3, -0.25) is 0 Å². The molecule has 2 heterocycles. The smallest absolute Gasteiger partial charge is 0.155 e. The van der Waals surface area contributed by atoms with E-state index in [4.69, 9.17) is 0 Å². The van der Waals surface area contributed by atoms with Gasteiger partial charge in [-0.05, 0) is 41.0 Å². The highest BCUT2D eigenvalue weighted by Crippen LogP contribution is 2.19. The lowest BCUT2D eigenvalue weighted by atomic mass is 10.1. The molecule has 20 heavy (non-hydrogen) atoms. The number of nitrogens with one attached hydrogen (secondary N) is 1. The van der Waals surface area contributed by atoms with Crippen LogP contribution in [-0.2, 0) is 0 Å². The van der Waals surface area contributed by atoms with E-state index in [0.29, 0.717) is 0 Å². The van der Waals surface area contributed by atoms with Crippen LogP contribution in [0.1, 0.15) is 50.2 Å². The van der Waals surface area contributed by atoms with Crippen LogP contribution in [0.5, 0.6) is 0 Å². The molecule has 110 valence electrons. The van der Waals surface area contributed by atoms with Crippen LogP contribution < -0.4 is 5.32 Å². The van der Waals surface area contributed by atoms with Gasteiger partial charge in [0.1, 0.15) is 0 Å². The standard InChI is InChI=1S/C15H24N4O/c1-9(6-11(3)20)17-12(4)14-8-16-15-7-10(2)18-19(15)13(14)5/h7-9,11-12,17,20H,6H2,1-5H3. The molecule has 2 aromatic heterocycles. The Kier molecular flexibility index (Phi) is 4.40. The molecule has 3 unspecified atom stereocenters. The average molecular weight is 276 g/mol. The number of nitrogens with zero attached hydrogens (tertiary/aromatic N) is 3. The first-order valence-corrected chi connectivity index (χ1v) is 7.14. The van der Waals surface area contributed by atoms with E-state index < -0.39 is 0 Å². The fraction of sp³-hybridized carbons (Fsp3) is 0.600. The highest BCUT2D eigenvalue weighted by Gasteiger charge is 2.15. The molecule has 0 saturated heterocycles. The number of aryl methyl sites for hydroxylation is 2. The normalized spacial score (nSPS) is 16.3. The van der Waals surface area contributed by atoms with Crippen LogP contribution in [-0.4, -0.2) is 31.9 Å². The number of fused-ring (bicyclic) bond motifs is 1. The number of aromatic nitrogens is 3. The first kappa shape index (κ1) is 14.9. The maximum atomic E-state index is 9.44. The molecular weight excluding hydrogens is 252 g/mol. The zero-order valence-corrected chi connectivity index (χ0v) is 12.9. The molecule has 0 radical (unpaired) electrons. The minimum absolute atomic E-state index is 0.171. The zero-order valence-electron chi connectivity index (χ0n) is 12.9. The van der Waals surface area contributed by atoms with Gasteiger partial charge in [0.2, 0.25) is 0 Å². The molecule has 2 N–H and O–H groups in total. The SMILES string of the molecule is Cc1cc2ncc(C(C)NC(C)CC(C)O)c(C)n2n1. The summed E-state index contributed by atoms with van der Waals surface area (Å²) in [6.07, 6.45) is 2.36. The van der Waals surface area contributed by atoms with Crippen molar-refractivity contribution in [3.63, 3.8) is 0 Å². The summed E-state index contributed by atoms with van der Waals surface area (Å²) in [4.78, 5) is 4.46. The van der Waals surface area contributed by atoms with Crippen molar-refractivity contribution in [2.24, 2.45) is 0 Å². The van der Waals surface area contributed by atoms with Crippen molar-refractivity contribution >= 4 is 5.65 Å². The molecule has 3 atom stereocenters. The summed E-state index contributed by atoms with van der Waals surface area (Å²) in [5.41, 5.74) is 4.10. The topological polar surface area (TPSA) is 62.5 Å². The van der Waals surface area contributed by atoms with Crippen molar-refractivity contribution in [3.8, 4) is 0 Å². The van der Waals surface area contributed by atoms with Crippen LogP contribution in [0, 0.1) is 13.8 Å². The third-order valence-electron chi connectivity index (χ3n) is 3.58. The average Bonchev–Trinajstić information content (AvgIpc) is 2.69. The number of aliphatic hydroxyl groups is 1. The van der Waals surface area contributed by atoms with Crippen molar-refractivity contribution in [2.75, 3.05) is 0 Å². The molecule has 0 aliphatic carbocycles. The van der Waals surface area contributed by atoms with Crippen LogP contribution in [0.3, 0.4) is 0 Å². The Morgan fingerprint density at radius 1 is 1.30 bits per heavy atom. The van der Waals surface area contributed by atoms with Crippen molar-refractivity contribution in [3.05, 3.63) is 29.2 Å². The fourth-order valence-electron chi connectivity index (χ4n) is 2.70. The molecule has 5 heteroatoms. The molecule has 0 saturated carbocycles. The van der Waals surface area contributed by atoms with Crippen LogP contribution in [0.25, 0.3) is 5.65 Å². The lowest BCUT2D eigenvalue weighted by Gasteiger charge is -2.22. The Morgan fingerprint density at radius 2 is 2.00 bits per heavy atom. The molecule has 2 aromatic rings. The summed E-state index contributed by atoms with van der Waals surface area (Å²) >= 11 is 0. The molecule has 0 spiro atoms. The highest BCUT2D eigenvalue weighted by atomic mass is 16.3. The van der Waals surface area contributed by atoms with Gasteiger partial charge in [0.15, 0.2) is 5.65 Å². The Labute approximate surface area is 120 Å². The zero-order chi connectivity index (χ0) is 14.9. The molecule has 0 aromatic carbocycles. The van der Waals surface area contributed by atoms with E-state index in [-0.39, 0.29) is 18.2 Å². The van der Waals surface area contributed by atoms with E-state index >= 15 is 0 Å². The summed E-state index contributed by atoms with van der Waals surface area (Å²) in [7, 11) is 0. The Balaban J connectivity index is 2.21. The van der Waals surface area contributed by atoms with E-state index in [1.807, 2.05) is 30.6 Å². The van der Waals surface area contributed by atoms with Crippen molar-refractivity contribution in [1.82, 2.24) is 19.9 Å². The largest absolute Gasteiger partial charge is 0.393 e. The van der Waals surface area contributed by atoms with Crippen LogP contribution in [0.2, 0.25) is 0 Å². The maximum absolute atomic E-state index is 9.44. The first-order valence-electron chi connectivity index (χ1n) is 7.14. The number of hydrogen-bond acceptors (Lipinski definition) is 4. The summed E-state index contributed by atoms with van der Waals surface area (Å²) in [6, 6.07) is 2.40. The molecule has 5 nitrogen and oxygen atoms in total. The van der Waals surface area contributed by atoms with E-state index in [1.54, 1.807) is 0 Å². The van der Waals surface area contributed by atoms with Gasteiger partial charge in [-0.15, -0.1) is 0 Å². The molecular formula is C15H24N4O. The summed E-state index contributed by atoms with van der Waals surface area (Å²) in [6.45, 7) is 10.1. The molecule has 2 rings (SSSR count). The van der Waals surface area contributed by atoms with E-state index in [9.17, 15) is 5.11 Å². The molecule has 0 amide bonds. The van der Waals surface area contributed by atoms with Gasteiger partial charge in [-0.25, -0.2) is 9.50 Å². The van der Waals surface area contributed by atoms with Crippen LogP contribution in [0.15, 0.2) is 12.3 Å². The molecule has 0 aliphatic heterocycles. The second kappa shape index (κ2) is 5.89. The number of rotatable bonds is 5. The second-order valence-electron chi connectivity index (χ2n) is 5.73. The van der Waals surface area contributed by atoms with Gasteiger partial charge in [-0.2, -0.15) is 5.10 Å². The van der Waals surface area contributed by atoms with E-state index in [2.05, 4.69) is 36.2 Å². The molecule has 0 fully saturated rings. The number of hydrogen-bond donors (Lipinski definition) is 2. The Hall–Kier alpha value is -1.46. The van der Waals surface area contributed by atoms with Crippen molar-refractivity contribution in [1.29, 1.82) is 0 Å². The lowest BCUT2D eigenvalue weighted by Crippen LogP contribution is -2.32. The minimum atomic E-state index is -0.292. The molecule has 0 bridgehead atoms. The van der Waals surface area contributed by atoms with Gasteiger partial charge in [0.25, 0.3) is 0 Å². The van der Waals surface area contributed by atoms with Gasteiger partial charge in [-0.1, -0.05) is 0 Å². The van der Waals surface area contributed by atoms with Gasteiger partial charge >= 0.3 is 0 Å². The summed E-state index contributed by atoms with van der Waals surface area (Å²) in [5.74, 6) is 0. The highest BCUT2D eigenvalue weighted by molar-refractivity contribution is 5.42. The minimum Gasteiger partial charge on any atom is -0.393 e. The monoisotopic (exact) mass is 276 g/mol. The predicted molar refractivity (Wildman–Crippen MR) is 79.8 cm³/mol. The Morgan fingerprint density at radius 3 is 2.65 bits per heavy atom. The fourth-order valence-corrected chi connectivity index (χ4v) is 2.70. The number of aliphatic hydroxyl groups excluding tert-OH is 1. The third-order valence-corrected chi connectivity index (χ3v) is 3.58. The van der Waals surface area contributed by atoms with E-state index in [0.717, 1.165) is 29.0 Å². The summed E-state index contributed by atoms with van der Waals surface area (Å²) < 4.78 is 1.89. The Bertz CT molecular complexity index is 591. The summed E-state index contributed by atoms with van der Waals surface area (Å²) in [5, 5.41) is 17.4. The van der Waals surface area contributed by atoms with Crippen molar-refractivity contribution in [2.45, 2.75) is 59.2 Å². The third kappa shape index (κ3) is 3.16. The van der Waals surface area contributed by atoms with Crippen molar-refractivity contribution < 1.29 is 5.11 Å². The van der Waals surface area contributed by atoms with Crippen LogP contribution in [0.4, 0.5) is 0 Å². The van der Waals surface area contributed by atoms with Crippen LogP contribution >= 0.6 is 0 Å². The van der Waals surface area contributed by atoms with Gasteiger partial charge in [0.05, 0.1) is 11.8 Å². The lowest BCUT2D eigenvalue weighted by molar-refractivity contribution is 0.168. The second-order valence-corrected chi connectivity index (χ2v) is 5.73. The maximum Gasteiger partial charge on any atom is 0.155 e.